The Balaban J connectivity index is 2.00. The fourth-order valence-electron chi connectivity index (χ4n) is 2.33. The van der Waals surface area contributed by atoms with Crippen LogP contribution in [0.1, 0.15) is 17.5 Å². The van der Waals surface area contributed by atoms with Crippen molar-refractivity contribution in [3.63, 3.8) is 0 Å². The number of carbonyl (C=O) groups excluding carboxylic acids is 2. The molecule has 0 spiro atoms. The molecule has 7 heteroatoms. The second-order valence-corrected chi connectivity index (χ2v) is 5.80. The van der Waals surface area contributed by atoms with E-state index < -0.39 is 17.3 Å². The Morgan fingerprint density at radius 2 is 1.39 bits per heavy atom. The van der Waals surface area contributed by atoms with Gasteiger partial charge in [-0.1, -0.05) is 18.2 Å². The Morgan fingerprint density at radius 3 is 2.00 bits per heavy atom. The molecule has 0 aliphatic rings. The fourth-order valence-corrected chi connectivity index (χ4v) is 2.33. The van der Waals surface area contributed by atoms with Gasteiger partial charge < -0.3 is 24.8 Å². The average Bonchev–Trinajstić information content (AvgIpc) is 2.68. The third-order valence-corrected chi connectivity index (χ3v) is 3.77. The molecule has 2 aromatic carbocycles. The van der Waals surface area contributed by atoms with Gasteiger partial charge in [-0.15, -0.1) is 0 Å². The summed E-state index contributed by atoms with van der Waals surface area (Å²) >= 11 is 0. The summed E-state index contributed by atoms with van der Waals surface area (Å²) in [4.78, 5) is 23.9. The summed E-state index contributed by atoms with van der Waals surface area (Å²) in [6.07, 6.45) is 5.08. The number of aromatic hydroxyl groups is 3. The molecule has 28 heavy (non-hydrogen) atoms. The van der Waals surface area contributed by atoms with Crippen LogP contribution in [0.5, 0.6) is 28.7 Å². The third-order valence-electron chi connectivity index (χ3n) is 3.77. The zero-order valence-electron chi connectivity index (χ0n) is 15.4. The minimum Gasteiger partial charge on any atom is -0.504 e. The Hall–Kier alpha value is -3.74. The Bertz CT molecular complexity index is 942. The largest absolute Gasteiger partial charge is 0.504 e. The maximum absolute atomic E-state index is 12.0. The van der Waals surface area contributed by atoms with E-state index in [0.717, 1.165) is 0 Å². The monoisotopic (exact) mass is 384 g/mol. The van der Waals surface area contributed by atoms with E-state index in [1.54, 1.807) is 12.1 Å². The van der Waals surface area contributed by atoms with E-state index in [-0.39, 0.29) is 29.4 Å². The van der Waals surface area contributed by atoms with Gasteiger partial charge in [0.05, 0.1) is 20.6 Å². The van der Waals surface area contributed by atoms with Crippen molar-refractivity contribution in [2.24, 2.45) is 0 Å². The van der Waals surface area contributed by atoms with Crippen molar-refractivity contribution in [1.82, 2.24) is 0 Å². The van der Waals surface area contributed by atoms with Crippen molar-refractivity contribution >= 4 is 23.7 Å². The number of methoxy groups -OCH3 is 2. The van der Waals surface area contributed by atoms with Crippen molar-refractivity contribution in [3.05, 3.63) is 53.6 Å². The Kier molecular flexibility index (Phi) is 6.81. The second kappa shape index (κ2) is 9.27. The topological polar surface area (TPSA) is 113 Å². The number of ether oxygens (including phenoxy) is 2. The number of phenolic OH excluding ortho intramolecular Hbond substituents is 3. The molecule has 3 N–H and O–H groups in total. The number of hydrogen-bond donors (Lipinski definition) is 3. The molecule has 0 aliphatic heterocycles. The first-order chi connectivity index (χ1) is 13.3. The molecular formula is C21H20O7. The van der Waals surface area contributed by atoms with Crippen LogP contribution in [-0.2, 0) is 9.59 Å². The SMILES string of the molecule is COc1cc(C=CC(=O)CC(=O)C=Cc2cc(O)c(O)c(OC)c2)ccc1O. The Labute approximate surface area is 161 Å². The molecule has 2 aromatic rings. The number of carbonyl (C=O) groups is 2. The predicted octanol–water partition coefficient (Wildman–Crippen LogP) is 3.08. The molecule has 0 unspecified atom stereocenters. The van der Waals surface area contributed by atoms with Gasteiger partial charge in [0, 0.05) is 0 Å². The van der Waals surface area contributed by atoms with Gasteiger partial charge in [-0.05, 0) is 47.5 Å². The van der Waals surface area contributed by atoms with Crippen molar-refractivity contribution in [3.8, 4) is 28.7 Å². The van der Waals surface area contributed by atoms with Crippen LogP contribution in [-0.4, -0.2) is 41.1 Å². The number of ketones is 2. The summed E-state index contributed by atoms with van der Waals surface area (Å²) in [5.74, 6) is -1.26. The van der Waals surface area contributed by atoms with E-state index in [9.17, 15) is 24.9 Å². The predicted molar refractivity (Wildman–Crippen MR) is 104 cm³/mol. The molecule has 0 radical (unpaired) electrons. The van der Waals surface area contributed by atoms with Crippen molar-refractivity contribution < 1.29 is 34.4 Å². The van der Waals surface area contributed by atoms with Crippen LogP contribution in [0.2, 0.25) is 0 Å². The molecule has 0 fully saturated rings. The average molecular weight is 384 g/mol. The fraction of sp³-hybridized carbons (Fsp3) is 0.143. The quantitative estimate of drug-likeness (QED) is 0.364. The van der Waals surface area contributed by atoms with Crippen molar-refractivity contribution in [2.45, 2.75) is 6.42 Å². The molecule has 0 atom stereocenters. The maximum Gasteiger partial charge on any atom is 0.200 e. The van der Waals surface area contributed by atoms with Crippen LogP contribution < -0.4 is 9.47 Å². The summed E-state index contributed by atoms with van der Waals surface area (Å²) in [6.45, 7) is 0. The van der Waals surface area contributed by atoms with Gasteiger partial charge in [0.15, 0.2) is 34.6 Å². The van der Waals surface area contributed by atoms with E-state index in [2.05, 4.69) is 0 Å². The molecule has 0 amide bonds. The van der Waals surface area contributed by atoms with Gasteiger partial charge in [-0.25, -0.2) is 0 Å². The standard InChI is InChI=1S/C21H20O7/c1-27-19-10-13(5-8-17(19)24)3-6-15(22)12-16(23)7-4-14-9-18(25)21(26)20(11-14)28-2/h3-11,24-26H,12H2,1-2H3. The van der Waals surface area contributed by atoms with E-state index in [4.69, 9.17) is 9.47 Å². The van der Waals surface area contributed by atoms with Gasteiger partial charge in [0.25, 0.3) is 0 Å². The zero-order chi connectivity index (χ0) is 20.7. The molecule has 0 aromatic heterocycles. The highest BCUT2D eigenvalue weighted by molar-refractivity contribution is 6.10. The lowest BCUT2D eigenvalue weighted by atomic mass is 10.1. The highest BCUT2D eigenvalue weighted by Crippen LogP contribution is 2.36. The van der Waals surface area contributed by atoms with Crippen LogP contribution in [0.25, 0.3) is 12.2 Å². The maximum atomic E-state index is 12.0. The number of hydrogen-bond acceptors (Lipinski definition) is 7. The number of allylic oxidation sites excluding steroid dienone is 2. The lowest BCUT2D eigenvalue weighted by molar-refractivity contribution is -0.121. The van der Waals surface area contributed by atoms with Crippen LogP contribution in [0, 0.1) is 0 Å². The summed E-state index contributed by atoms with van der Waals surface area (Å²) in [5, 5.41) is 28.7. The van der Waals surface area contributed by atoms with E-state index in [1.807, 2.05) is 0 Å². The first kappa shape index (κ1) is 20.6. The van der Waals surface area contributed by atoms with E-state index in [1.165, 1.54) is 56.7 Å². The molecule has 2 rings (SSSR count). The van der Waals surface area contributed by atoms with Crippen molar-refractivity contribution in [1.29, 1.82) is 0 Å². The van der Waals surface area contributed by atoms with Crippen LogP contribution in [0.4, 0.5) is 0 Å². The van der Waals surface area contributed by atoms with Gasteiger partial charge in [-0.2, -0.15) is 0 Å². The molecule has 0 aliphatic carbocycles. The summed E-state index contributed by atoms with van der Waals surface area (Å²) in [5.41, 5.74) is 1.07. The molecule has 0 saturated carbocycles. The first-order valence-corrected chi connectivity index (χ1v) is 8.23. The lowest BCUT2D eigenvalue weighted by Gasteiger charge is -2.06. The minimum absolute atomic E-state index is 0.0109. The van der Waals surface area contributed by atoms with Crippen LogP contribution >= 0.6 is 0 Å². The highest BCUT2D eigenvalue weighted by atomic mass is 16.5. The first-order valence-electron chi connectivity index (χ1n) is 8.23. The summed E-state index contributed by atoms with van der Waals surface area (Å²) in [6, 6.07) is 7.32. The van der Waals surface area contributed by atoms with Gasteiger partial charge in [-0.3, -0.25) is 9.59 Å². The van der Waals surface area contributed by atoms with Crippen LogP contribution in [0.3, 0.4) is 0 Å². The van der Waals surface area contributed by atoms with Gasteiger partial charge in [0.1, 0.15) is 0 Å². The molecule has 0 heterocycles. The van der Waals surface area contributed by atoms with Crippen LogP contribution in [0.15, 0.2) is 42.5 Å². The van der Waals surface area contributed by atoms with Crippen molar-refractivity contribution in [2.75, 3.05) is 14.2 Å². The molecule has 0 bridgehead atoms. The van der Waals surface area contributed by atoms with Gasteiger partial charge >= 0.3 is 0 Å². The highest BCUT2D eigenvalue weighted by Gasteiger charge is 2.09. The summed E-state index contributed by atoms with van der Waals surface area (Å²) < 4.78 is 9.91. The number of rotatable bonds is 8. The molecule has 7 nitrogen and oxygen atoms in total. The lowest BCUT2D eigenvalue weighted by Crippen LogP contribution is -2.01. The van der Waals surface area contributed by atoms with E-state index in [0.29, 0.717) is 11.1 Å². The molecule has 146 valence electrons. The molecule has 0 saturated heterocycles. The summed E-state index contributed by atoms with van der Waals surface area (Å²) in [7, 11) is 2.75. The third kappa shape index (κ3) is 5.38. The zero-order valence-corrected chi connectivity index (χ0v) is 15.4. The second-order valence-electron chi connectivity index (χ2n) is 5.80. The minimum atomic E-state index is -0.426. The smallest absolute Gasteiger partial charge is 0.200 e. The Morgan fingerprint density at radius 1 is 0.821 bits per heavy atom. The number of benzene rings is 2. The van der Waals surface area contributed by atoms with Gasteiger partial charge in [0.2, 0.25) is 5.75 Å². The van der Waals surface area contributed by atoms with E-state index >= 15 is 0 Å². The molecular weight excluding hydrogens is 364 g/mol. The number of phenols is 3. The normalized spacial score (nSPS) is 11.1.